The number of nitrogens with zero attached hydrogens (tertiary/aromatic N) is 6. The van der Waals surface area contributed by atoms with Crippen LogP contribution in [-0.2, 0) is 0 Å². The third-order valence-electron chi connectivity index (χ3n) is 5.58. The zero-order valence-electron chi connectivity index (χ0n) is 17.5. The smallest absolute Gasteiger partial charge is 0.229 e. The average Bonchev–Trinajstić information content (AvgIpc) is 3.25. The first-order chi connectivity index (χ1) is 15.7. The van der Waals surface area contributed by atoms with Gasteiger partial charge in [-0.1, -0.05) is 35.9 Å². The van der Waals surface area contributed by atoms with Gasteiger partial charge in [0.1, 0.15) is 5.82 Å². The summed E-state index contributed by atoms with van der Waals surface area (Å²) in [5, 5.41) is 18.7. The monoisotopic (exact) mass is 449 g/mol. The number of rotatable bonds is 6. The second-order valence-electron chi connectivity index (χ2n) is 7.69. The minimum absolute atomic E-state index is 0.173. The summed E-state index contributed by atoms with van der Waals surface area (Å²) in [6.45, 7) is 4.17. The molecule has 0 unspecified atom stereocenters. The molecule has 9 heteroatoms. The van der Waals surface area contributed by atoms with Gasteiger partial charge in [-0.15, -0.1) is 0 Å². The number of anilines is 3. The summed E-state index contributed by atoms with van der Waals surface area (Å²) in [5.74, 6) is 1.34. The molecule has 2 N–H and O–H groups in total. The summed E-state index contributed by atoms with van der Waals surface area (Å²) in [7, 11) is 0. The number of benzene rings is 2. The number of piperazine rings is 1. The number of aromatic nitrogens is 4. The lowest BCUT2D eigenvalue weighted by molar-refractivity contribution is 0.188. The molecule has 0 bridgehead atoms. The number of halogens is 1. The van der Waals surface area contributed by atoms with Gasteiger partial charge in [-0.3, -0.25) is 4.90 Å². The van der Waals surface area contributed by atoms with Crippen LogP contribution in [0.1, 0.15) is 0 Å². The molecule has 0 spiro atoms. The van der Waals surface area contributed by atoms with Crippen LogP contribution >= 0.6 is 11.6 Å². The van der Waals surface area contributed by atoms with Crippen LogP contribution in [0.4, 0.5) is 17.5 Å². The summed E-state index contributed by atoms with van der Waals surface area (Å²) >= 11 is 6.19. The molecule has 164 valence electrons. The number of fused-ring (bicyclic) bond motifs is 1. The molecule has 2 aromatic heterocycles. The number of aliphatic hydroxyl groups excluding tert-OH is 1. The first kappa shape index (κ1) is 20.7. The van der Waals surface area contributed by atoms with Crippen molar-refractivity contribution in [1.82, 2.24) is 24.6 Å². The number of para-hydroxylation sites is 1. The number of aliphatic hydroxyl groups is 1. The number of β-amino-alcohol motifs (C(OH)–C–C–N with tert-alkyl or cyclic N) is 1. The fraction of sp³-hybridized carbons (Fsp3) is 0.261. The number of hydrogen-bond donors (Lipinski definition) is 2. The topological polar surface area (TPSA) is 82.3 Å². The number of hydrogen-bond acceptors (Lipinski definition) is 7. The molecule has 8 nitrogen and oxygen atoms in total. The quantitative estimate of drug-likeness (QED) is 0.467. The Morgan fingerprint density at radius 2 is 1.78 bits per heavy atom. The van der Waals surface area contributed by atoms with E-state index in [1.54, 1.807) is 6.20 Å². The molecule has 0 saturated carbocycles. The minimum Gasteiger partial charge on any atom is -0.395 e. The Labute approximate surface area is 191 Å². The van der Waals surface area contributed by atoms with E-state index in [-0.39, 0.29) is 6.61 Å². The average molecular weight is 450 g/mol. The maximum absolute atomic E-state index is 9.22. The highest BCUT2D eigenvalue weighted by Gasteiger charge is 2.22. The normalized spacial score (nSPS) is 14.8. The maximum Gasteiger partial charge on any atom is 0.229 e. The molecular weight excluding hydrogens is 426 g/mol. The van der Waals surface area contributed by atoms with E-state index in [0.717, 1.165) is 48.6 Å². The van der Waals surface area contributed by atoms with Gasteiger partial charge in [0.15, 0.2) is 5.65 Å². The van der Waals surface area contributed by atoms with Gasteiger partial charge in [-0.05, 0) is 30.3 Å². The van der Waals surface area contributed by atoms with Crippen LogP contribution in [-0.4, -0.2) is 69.1 Å². The Morgan fingerprint density at radius 1 is 0.969 bits per heavy atom. The SMILES string of the molecule is OCCN1CCN(c2nc(Nc3cccc(Cl)c3)c3cnn(-c4ccccc4)c3n2)CC1. The van der Waals surface area contributed by atoms with Gasteiger partial charge in [0.25, 0.3) is 0 Å². The molecule has 0 aliphatic carbocycles. The first-order valence-corrected chi connectivity index (χ1v) is 11.0. The highest BCUT2D eigenvalue weighted by Crippen LogP contribution is 2.29. The van der Waals surface area contributed by atoms with E-state index >= 15 is 0 Å². The zero-order valence-corrected chi connectivity index (χ0v) is 18.3. The van der Waals surface area contributed by atoms with Crippen molar-refractivity contribution in [2.45, 2.75) is 0 Å². The van der Waals surface area contributed by atoms with Crippen LogP contribution in [0.5, 0.6) is 0 Å². The molecule has 1 aliphatic heterocycles. The van der Waals surface area contributed by atoms with E-state index in [4.69, 9.17) is 21.6 Å². The van der Waals surface area contributed by atoms with E-state index in [2.05, 4.69) is 20.2 Å². The molecule has 1 saturated heterocycles. The molecule has 1 fully saturated rings. The van der Waals surface area contributed by atoms with Gasteiger partial charge in [0.2, 0.25) is 5.95 Å². The summed E-state index contributed by atoms with van der Waals surface area (Å²) in [6.07, 6.45) is 1.79. The van der Waals surface area contributed by atoms with Crippen LogP contribution in [0.3, 0.4) is 0 Å². The van der Waals surface area contributed by atoms with E-state index in [9.17, 15) is 5.11 Å². The molecule has 3 heterocycles. The van der Waals surface area contributed by atoms with E-state index < -0.39 is 0 Å². The van der Waals surface area contributed by atoms with E-state index in [0.29, 0.717) is 23.3 Å². The third-order valence-corrected chi connectivity index (χ3v) is 5.81. The summed E-state index contributed by atoms with van der Waals surface area (Å²) < 4.78 is 1.84. The van der Waals surface area contributed by atoms with Gasteiger partial charge in [0, 0.05) is 43.4 Å². The fourth-order valence-corrected chi connectivity index (χ4v) is 4.10. The number of nitrogens with one attached hydrogen (secondary N) is 1. The van der Waals surface area contributed by atoms with Crippen molar-refractivity contribution in [3.05, 3.63) is 65.8 Å². The predicted molar refractivity (Wildman–Crippen MR) is 127 cm³/mol. The molecule has 5 rings (SSSR count). The molecule has 0 atom stereocenters. The lowest BCUT2D eigenvalue weighted by Crippen LogP contribution is -2.47. The van der Waals surface area contributed by atoms with E-state index in [1.807, 2.05) is 59.3 Å². The first-order valence-electron chi connectivity index (χ1n) is 10.6. The molecule has 4 aromatic rings. The van der Waals surface area contributed by atoms with Gasteiger partial charge in [-0.2, -0.15) is 15.1 Å². The van der Waals surface area contributed by atoms with E-state index in [1.165, 1.54) is 0 Å². The lowest BCUT2D eigenvalue weighted by atomic mass is 10.3. The summed E-state index contributed by atoms with van der Waals surface area (Å²) in [4.78, 5) is 14.2. The highest BCUT2D eigenvalue weighted by molar-refractivity contribution is 6.30. The minimum atomic E-state index is 0.173. The summed E-state index contributed by atoms with van der Waals surface area (Å²) in [6, 6.07) is 17.5. The van der Waals surface area contributed by atoms with Crippen LogP contribution in [0.2, 0.25) is 5.02 Å². The lowest BCUT2D eigenvalue weighted by Gasteiger charge is -2.34. The summed E-state index contributed by atoms with van der Waals surface area (Å²) in [5.41, 5.74) is 2.53. The largest absolute Gasteiger partial charge is 0.395 e. The second-order valence-corrected chi connectivity index (χ2v) is 8.13. The molecule has 32 heavy (non-hydrogen) atoms. The maximum atomic E-state index is 9.22. The molecule has 1 aliphatic rings. The predicted octanol–water partition coefficient (Wildman–Crippen LogP) is 3.33. The van der Waals surface area contributed by atoms with Crippen LogP contribution in [0, 0.1) is 0 Å². The second kappa shape index (κ2) is 9.12. The van der Waals surface area contributed by atoms with Crippen molar-refractivity contribution in [3.8, 4) is 5.69 Å². The highest BCUT2D eigenvalue weighted by atomic mass is 35.5. The van der Waals surface area contributed by atoms with Crippen molar-refractivity contribution in [2.75, 3.05) is 49.5 Å². The van der Waals surface area contributed by atoms with Crippen molar-refractivity contribution >= 4 is 40.1 Å². The van der Waals surface area contributed by atoms with Gasteiger partial charge < -0.3 is 15.3 Å². The molecule has 0 radical (unpaired) electrons. The van der Waals surface area contributed by atoms with Crippen LogP contribution in [0.25, 0.3) is 16.7 Å². The Hall–Kier alpha value is -3.20. The van der Waals surface area contributed by atoms with Crippen LogP contribution < -0.4 is 10.2 Å². The standard InChI is InChI=1S/C23H24ClN7O/c24-17-5-4-6-18(15-17)26-21-20-16-25-31(19-7-2-1-3-8-19)22(20)28-23(27-21)30-11-9-29(10-12-30)13-14-32/h1-8,15-16,32H,9-14H2,(H,26,27,28). The Bertz CT molecular complexity index is 1210. The Balaban J connectivity index is 1.56. The van der Waals surface area contributed by atoms with Gasteiger partial charge >= 0.3 is 0 Å². The van der Waals surface area contributed by atoms with Crippen molar-refractivity contribution in [2.24, 2.45) is 0 Å². The van der Waals surface area contributed by atoms with Crippen LogP contribution in [0.15, 0.2) is 60.8 Å². The molecule has 0 amide bonds. The zero-order chi connectivity index (χ0) is 21.9. The molecule has 2 aromatic carbocycles. The van der Waals surface area contributed by atoms with Gasteiger partial charge in [0.05, 0.1) is 23.9 Å². The van der Waals surface area contributed by atoms with Crippen molar-refractivity contribution in [1.29, 1.82) is 0 Å². The van der Waals surface area contributed by atoms with Crippen molar-refractivity contribution in [3.63, 3.8) is 0 Å². The third kappa shape index (κ3) is 4.25. The Kier molecular flexibility index (Phi) is 5.89. The fourth-order valence-electron chi connectivity index (χ4n) is 3.91. The van der Waals surface area contributed by atoms with Gasteiger partial charge in [-0.25, -0.2) is 4.68 Å². The Morgan fingerprint density at radius 3 is 2.53 bits per heavy atom. The van der Waals surface area contributed by atoms with Crippen molar-refractivity contribution < 1.29 is 5.11 Å². The molecular formula is C23H24ClN7O.